The molecule has 0 fully saturated rings. The SMILES string of the molecule is NC(=S)c1cccc(COc2ccc(F)cc2)c1F. The summed E-state index contributed by atoms with van der Waals surface area (Å²) in [5.41, 5.74) is 5.95. The van der Waals surface area contributed by atoms with Gasteiger partial charge >= 0.3 is 0 Å². The Balaban J connectivity index is 2.13. The second kappa shape index (κ2) is 5.75. The lowest BCUT2D eigenvalue weighted by Gasteiger charge is -2.09. The van der Waals surface area contributed by atoms with E-state index in [4.69, 9.17) is 22.7 Å². The number of nitrogens with two attached hydrogens (primary N) is 1. The van der Waals surface area contributed by atoms with Crippen LogP contribution in [0.25, 0.3) is 0 Å². The minimum atomic E-state index is -0.489. The van der Waals surface area contributed by atoms with E-state index in [1.165, 1.54) is 30.3 Å². The van der Waals surface area contributed by atoms with E-state index < -0.39 is 5.82 Å². The first kappa shape index (κ1) is 13.4. The van der Waals surface area contributed by atoms with Crippen LogP contribution >= 0.6 is 12.2 Å². The van der Waals surface area contributed by atoms with Crippen molar-refractivity contribution in [2.45, 2.75) is 6.61 Å². The van der Waals surface area contributed by atoms with Gasteiger partial charge in [0, 0.05) is 11.1 Å². The molecule has 0 aromatic heterocycles. The van der Waals surface area contributed by atoms with Gasteiger partial charge in [-0.05, 0) is 30.3 Å². The molecule has 2 nitrogen and oxygen atoms in total. The van der Waals surface area contributed by atoms with Gasteiger partial charge in [0.2, 0.25) is 0 Å². The van der Waals surface area contributed by atoms with E-state index in [1.807, 2.05) is 0 Å². The molecule has 98 valence electrons. The minimum Gasteiger partial charge on any atom is -0.489 e. The van der Waals surface area contributed by atoms with Crippen molar-refractivity contribution in [3.8, 4) is 5.75 Å². The van der Waals surface area contributed by atoms with Crippen LogP contribution < -0.4 is 10.5 Å². The Labute approximate surface area is 114 Å². The maximum absolute atomic E-state index is 14.0. The van der Waals surface area contributed by atoms with Gasteiger partial charge in [-0.2, -0.15) is 0 Å². The highest BCUT2D eigenvalue weighted by Crippen LogP contribution is 2.17. The number of thiocarbonyl (C=S) groups is 1. The summed E-state index contributed by atoms with van der Waals surface area (Å²) in [5.74, 6) is -0.382. The number of rotatable bonds is 4. The number of hydrogen-bond donors (Lipinski definition) is 1. The molecule has 0 aliphatic heterocycles. The van der Waals surface area contributed by atoms with E-state index in [9.17, 15) is 8.78 Å². The molecule has 2 N–H and O–H groups in total. The van der Waals surface area contributed by atoms with E-state index in [0.29, 0.717) is 11.3 Å². The first-order valence-corrected chi connectivity index (χ1v) is 5.94. The quantitative estimate of drug-likeness (QED) is 0.873. The topological polar surface area (TPSA) is 35.2 Å². The van der Waals surface area contributed by atoms with Crippen molar-refractivity contribution in [3.63, 3.8) is 0 Å². The van der Waals surface area contributed by atoms with Crippen molar-refractivity contribution in [2.24, 2.45) is 5.73 Å². The second-order valence-corrected chi connectivity index (χ2v) is 4.33. The first-order valence-electron chi connectivity index (χ1n) is 5.53. The summed E-state index contributed by atoms with van der Waals surface area (Å²) in [6.45, 7) is 0.0217. The molecule has 0 spiro atoms. The summed E-state index contributed by atoms with van der Waals surface area (Å²) in [5, 5.41) is 0. The van der Waals surface area contributed by atoms with Gasteiger partial charge in [-0.25, -0.2) is 8.78 Å². The molecule has 0 radical (unpaired) electrons. The molecular weight excluding hydrogens is 268 g/mol. The third-order valence-corrected chi connectivity index (χ3v) is 2.77. The molecule has 19 heavy (non-hydrogen) atoms. The fourth-order valence-corrected chi connectivity index (χ4v) is 1.73. The van der Waals surface area contributed by atoms with Gasteiger partial charge in [0.15, 0.2) is 0 Å². The average Bonchev–Trinajstić information content (AvgIpc) is 2.39. The van der Waals surface area contributed by atoms with Crippen LogP contribution in [0.3, 0.4) is 0 Å². The third-order valence-electron chi connectivity index (χ3n) is 2.55. The number of halogens is 2. The predicted octanol–water partition coefficient (Wildman–Crippen LogP) is 3.18. The molecule has 0 amide bonds. The van der Waals surface area contributed by atoms with E-state index in [0.717, 1.165) is 0 Å². The molecule has 0 saturated heterocycles. The fraction of sp³-hybridized carbons (Fsp3) is 0.0714. The van der Waals surface area contributed by atoms with Crippen molar-refractivity contribution >= 4 is 17.2 Å². The maximum atomic E-state index is 14.0. The van der Waals surface area contributed by atoms with Gasteiger partial charge in [-0.15, -0.1) is 0 Å². The smallest absolute Gasteiger partial charge is 0.139 e. The zero-order valence-corrected chi connectivity index (χ0v) is 10.7. The fourth-order valence-electron chi connectivity index (χ4n) is 1.57. The average molecular weight is 279 g/mol. The van der Waals surface area contributed by atoms with E-state index in [2.05, 4.69) is 0 Å². The van der Waals surface area contributed by atoms with Crippen LogP contribution in [0.5, 0.6) is 5.75 Å². The first-order chi connectivity index (χ1) is 9.08. The van der Waals surface area contributed by atoms with Crippen molar-refractivity contribution in [1.82, 2.24) is 0 Å². The standard InChI is InChI=1S/C14H11F2NOS/c15-10-4-6-11(7-5-10)18-8-9-2-1-3-12(13(9)16)14(17)19/h1-7H,8H2,(H2,17,19). The highest BCUT2D eigenvalue weighted by atomic mass is 32.1. The zero-order valence-electron chi connectivity index (χ0n) is 9.90. The number of hydrogen-bond acceptors (Lipinski definition) is 2. The van der Waals surface area contributed by atoms with Crippen molar-refractivity contribution in [1.29, 1.82) is 0 Å². The Morgan fingerprint density at radius 2 is 1.79 bits per heavy atom. The highest BCUT2D eigenvalue weighted by molar-refractivity contribution is 7.80. The molecule has 0 saturated carbocycles. The summed E-state index contributed by atoms with van der Waals surface area (Å²) in [7, 11) is 0. The van der Waals surface area contributed by atoms with E-state index in [1.54, 1.807) is 12.1 Å². The van der Waals surface area contributed by atoms with E-state index >= 15 is 0 Å². The lowest BCUT2D eigenvalue weighted by Crippen LogP contribution is -2.13. The van der Waals surface area contributed by atoms with Crippen LogP contribution in [-0.4, -0.2) is 4.99 Å². The largest absolute Gasteiger partial charge is 0.489 e. The molecule has 2 aromatic carbocycles. The monoisotopic (exact) mass is 279 g/mol. The summed E-state index contributed by atoms with van der Waals surface area (Å²) in [4.78, 5) is 0.00105. The van der Waals surface area contributed by atoms with Gasteiger partial charge in [0.25, 0.3) is 0 Å². The van der Waals surface area contributed by atoms with Crippen LogP contribution in [0.15, 0.2) is 42.5 Å². The molecule has 0 bridgehead atoms. The highest BCUT2D eigenvalue weighted by Gasteiger charge is 2.10. The van der Waals surface area contributed by atoms with Crippen LogP contribution in [0.1, 0.15) is 11.1 Å². The maximum Gasteiger partial charge on any atom is 0.139 e. The molecule has 0 heterocycles. The Kier molecular flexibility index (Phi) is 4.06. The molecule has 0 aliphatic rings. The van der Waals surface area contributed by atoms with Crippen LogP contribution in [0, 0.1) is 11.6 Å². The Hall–Kier alpha value is -2.01. The van der Waals surface area contributed by atoms with Gasteiger partial charge in [0.05, 0.1) is 0 Å². The van der Waals surface area contributed by atoms with Gasteiger partial charge in [-0.1, -0.05) is 24.4 Å². The third kappa shape index (κ3) is 3.26. The normalized spacial score (nSPS) is 10.2. The minimum absolute atomic E-state index is 0.00105. The lowest BCUT2D eigenvalue weighted by molar-refractivity contribution is 0.299. The molecular formula is C14H11F2NOS. The molecule has 0 aliphatic carbocycles. The molecule has 2 aromatic rings. The van der Waals surface area contributed by atoms with Crippen molar-refractivity contribution in [3.05, 3.63) is 65.2 Å². The zero-order chi connectivity index (χ0) is 13.8. The predicted molar refractivity (Wildman–Crippen MR) is 73.0 cm³/mol. The summed E-state index contributed by atoms with van der Waals surface area (Å²) >= 11 is 4.76. The number of benzene rings is 2. The number of ether oxygens (including phenoxy) is 1. The van der Waals surface area contributed by atoms with E-state index in [-0.39, 0.29) is 23.0 Å². The van der Waals surface area contributed by atoms with Crippen molar-refractivity contribution < 1.29 is 13.5 Å². The molecule has 0 unspecified atom stereocenters. The van der Waals surface area contributed by atoms with Crippen molar-refractivity contribution in [2.75, 3.05) is 0 Å². The summed E-state index contributed by atoms with van der Waals surface area (Å²) in [6.07, 6.45) is 0. The van der Waals surface area contributed by atoms with Gasteiger partial charge in [0.1, 0.15) is 29.0 Å². The second-order valence-electron chi connectivity index (χ2n) is 3.89. The van der Waals surface area contributed by atoms with Crippen LogP contribution in [0.2, 0.25) is 0 Å². The lowest BCUT2D eigenvalue weighted by atomic mass is 10.1. The van der Waals surface area contributed by atoms with Crippen LogP contribution in [-0.2, 0) is 6.61 Å². The summed E-state index contributed by atoms with van der Waals surface area (Å²) < 4.78 is 32.1. The Morgan fingerprint density at radius 1 is 1.11 bits per heavy atom. The molecule has 5 heteroatoms. The molecule has 2 rings (SSSR count). The van der Waals surface area contributed by atoms with Gasteiger partial charge in [-0.3, -0.25) is 0 Å². The molecule has 0 atom stereocenters. The summed E-state index contributed by atoms with van der Waals surface area (Å²) in [6, 6.07) is 10.3. The Bertz CT molecular complexity index is 599. The van der Waals surface area contributed by atoms with Gasteiger partial charge < -0.3 is 10.5 Å². The Morgan fingerprint density at radius 3 is 2.42 bits per heavy atom. The van der Waals surface area contributed by atoms with Crippen LogP contribution in [0.4, 0.5) is 8.78 Å².